The maximum atomic E-state index is 11.5. The van der Waals surface area contributed by atoms with Crippen molar-refractivity contribution >= 4 is 26.6 Å². The molecule has 7 heteroatoms. The molecular weight excluding hydrogens is 232 g/mol. The molecular formula is C9H8N2O4S. The molecule has 0 bridgehead atoms. The number of fused-ring (bicyclic) bond motifs is 1. The summed E-state index contributed by atoms with van der Waals surface area (Å²) in [6.07, 6.45) is 0. The zero-order valence-corrected chi connectivity index (χ0v) is 8.78. The molecule has 84 valence electrons. The van der Waals surface area contributed by atoms with Crippen molar-refractivity contribution in [2.75, 3.05) is 5.73 Å². The number of pyridine rings is 1. The number of nitrogen functional groups attached to an aromatic ring is 1. The molecule has 2 aromatic rings. The summed E-state index contributed by atoms with van der Waals surface area (Å²) < 4.78 is 30.5. The Hall–Kier alpha value is -1.86. The van der Waals surface area contributed by atoms with Crippen molar-refractivity contribution in [1.82, 2.24) is 4.98 Å². The Balaban J connectivity index is 2.91. The molecule has 2 rings (SSSR count). The number of nitrogens with two attached hydrogens (primary N) is 1. The van der Waals surface area contributed by atoms with Gasteiger partial charge in [-0.1, -0.05) is 0 Å². The highest BCUT2D eigenvalue weighted by molar-refractivity contribution is 7.85. The summed E-state index contributed by atoms with van der Waals surface area (Å²) in [5.41, 5.74) is 5.32. The molecule has 0 atom stereocenters. The average molecular weight is 240 g/mol. The zero-order chi connectivity index (χ0) is 11.9. The van der Waals surface area contributed by atoms with Crippen LogP contribution >= 0.6 is 0 Å². The lowest BCUT2D eigenvalue weighted by Crippen LogP contribution is -2.12. The van der Waals surface area contributed by atoms with Crippen molar-refractivity contribution < 1.29 is 13.0 Å². The van der Waals surface area contributed by atoms with Crippen LogP contribution in [0.1, 0.15) is 0 Å². The van der Waals surface area contributed by atoms with E-state index in [1.807, 2.05) is 0 Å². The summed E-state index contributed by atoms with van der Waals surface area (Å²) >= 11 is 0. The molecule has 0 radical (unpaired) electrons. The van der Waals surface area contributed by atoms with E-state index >= 15 is 0 Å². The topological polar surface area (TPSA) is 113 Å². The Labute approximate surface area is 90.5 Å². The lowest BCUT2D eigenvalue weighted by atomic mass is 10.1. The van der Waals surface area contributed by atoms with E-state index in [9.17, 15) is 13.2 Å². The number of aromatic nitrogens is 1. The van der Waals surface area contributed by atoms with Gasteiger partial charge in [0.2, 0.25) is 0 Å². The molecule has 0 aliphatic carbocycles. The molecule has 0 fully saturated rings. The van der Waals surface area contributed by atoms with Gasteiger partial charge in [0.1, 0.15) is 0 Å². The second-order valence-electron chi connectivity index (χ2n) is 3.28. The summed E-state index contributed by atoms with van der Waals surface area (Å²) in [6, 6.07) is 5.63. The third kappa shape index (κ3) is 1.77. The first-order valence-electron chi connectivity index (χ1n) is 4.28. The van der Waals surface area contributed by atoms with Crippen molar-refractivity contribution in [2.24, 2.45) is 0 Å². The number of hydrogen-bond acceptors (Lipinski definition) is 4. The van der Waals surface area contributed by atoms with Crippen LogP contribution in [0.3, 0.4) is 0 Å². The van der Waals surface area contributed by atoms with E-state index in [0.29, 0.717) is 16.5 Å². The maximum absolute atomic E-state index is 11.5. The minimum absolute atomic E-state index is 0.307. The zero-order valence-electron chi connectivity index (χ0n) is 7.97. The summed E-state index contributed by atoms with van der Waals surface area (Å²) in [5.74, 6) is 0. The van der Waals surface area contributed by atoms with Gasteiger partial charge < -0.3 is 10.7 Å². The molecule has 0 aliphatic rings. The predicted octanol–water partition coefficient (Wildman–Crippen LogP) is 0.357. The number of rotatable bonds is 1. The molecule has 0 amide bonds. The van der Waals surface area contributed by atoms with Crippen LogP contribution in [0.15, 0.2) is 34.1 Å². The summed E-state index contributed by atoms with van der Waals surface area (Å²) in [5, 5.41) is 0.119. The van der Waals surface area contributed by atoms with Gasteiger partial charge in [-0.3, -0.25) is 9.35 Å². The number of benzene rings is 1. The van der Waals surface area contributed by atoms with Gasteiger partial charge in [0.25, 0.3) is 5.56 Å². The van der Waals surface area contributed by atoms with E-state index in [2.05, 4.69) is 4.98 Å². The Morgan fingerprint density at radius 1 is 1.25 bits per heavy atom. The highest BCUT2D eigenvalue weighted by Crippen LogP contribution is 2.16. The third-order valence-electron chi connectivity index (χ3n) is 2.12. The first-order valence-corrected chi connectivity index (χ1v) is 5.72. The molecule has 0 spiro atoms. The van der Waals surface area contributed by atoms with Crippen molar-refractivity contribution in [3.63, 3.8) is 0 Å². The minimum atomic E-state index is -4.43. The fourth-order valence-corrected chi connectivity index (χ4v) is 1.90. The first kappa shape index (κ1) is 10.7. The lowest BCUT2D eigenvalue weighted by Gasteiger charge is -2.01. The standard InChI is InChI=1S/C9H8N2O4S/c10-6-1-2-7-5(3-6)4-8(11-9(7)12)16(13,14)15/h1-4H,10H2,(H,11,12)(H,13,14,15). The quantitative estimate of drug-likeness (QED) is 0.492. The Morgan fingerprint density at radius 2 is 1.94 bits per heavy atom. The Morgan fingerprint density at radius 3 is 2.56 bits per heavy atom. The van der Waals surface area contributed by atoms with Gasteiger partial charge >= 0.3 is 10.1 Å². The van der Waals surface area contributed by atoms with Crippen LogP contribution in [0.4, 0.5) is 5.69 Å². The fraction of sp³-hybridized carbons (Fsp3) is 0. The van der Waals surface area contributed by atoms with E-state index in [1.165, 1.54) is 18.2 Å². The van der Waals surface area contributed by atoms with Crippen LogP contribution in [0.2, 0.25) is 0 Å². The van der Waals surface area contributed by atoms with Gasteiger partial charge in [-0.15, -0.1) is 0 Å². The van der Waals surface area contributed by atoms with Crippen LogP contribution in [0, 0.1) is 0 Å². The second-order valence-corrected chi connectivity index (χ2v) is 4.67. The van der Waals surface area contributed by atoms with Gasteiger partial charge in [0.15, 0.2) is 5.03 Å². The van der Waals surface area contributed by atoms with Crippen LogP contribution in [0.25, 0.3) is 10.8 Å². The van der Waals surface area contributed by atoms with Gasteiger partial charge in [0, 0.05) is 11.1 Å². The van der Waals surface area contributed by atoms with Crippen LogP contribution < -0.4 is 11.3 Å². The first-order chi connectivity index (χ1) is 7.38. The monoisotopic (exact) mass is 240 g/mol. The summed E-state index contributed by atoms with van der Waals surface area (Å²) in [4.78, 5) is 13.6. The fourth-order valence-electron chi connectivity index (χ4n) is 1.40. The van der Waals surface area contributed by atoms with E-state index in [-0.39, 0.29) is 0 Å². The van der Waals surface area contributed by atoms with Crippen LogP contribution in [-0.2, 0) is 10.1 Å². The van der Waals surface area contributed by atoms with Crippen molar-refractivity contribution in [2.45, 2.75) is 5.03 Å². The van der Waals surface area contributed by atoms with E-state index in [4.69, 9.17) is 10.3 Å². The molecule has 16 heavy (non-hydrogen) atoms. The number of nitrogens with one attached hydrogen (secondary N) is 1. The van der Waals surface area contributed by atoms with Crippen molar-refractivity contribution in [1.29, 1.82) is 0 Å². The number of hydrogen-bond donors (Lipinski definition) is 3. The smallest absolute Gasteiger partial charge is 0.310 e. The second kappa shape index (κ2) is 3.32. The summed E-state index contributed by atoms with van der Waals surface area (Å²) in [6.45, 7) is 0. The number of aromatic amines is 1. The highest BCUT2D eigenvalue weighted by Gasteiger charge is 2.12. The Bertz CT molecular complexity index is 718. The molecule has 1 aromatic carbocycles. The molecule has 0 unspecified atom stereocenters. The summed E-state index contributed by atoms with van der Waals surface area (Å²) in [7, 11) is -4.43. The number of anilines is 1. The van der Waals surface area contributed by atoms with Crippen molar-refractivity contribution in [3.8, 4) is 0 Å². The Kier molecular flexibility index (Phi) is 2.21. The molecule has 0 saturated carbocycles. The van der Waals surface area contributed by atoms with Gasteiger partial charge in [-0.25, -0.2) is 0 Å². The SMILES string of the molecule is Nc1ccc2c(=O)[nH]c(S(=O)(=O)O)cc2c1. The molecule has 1 aromatic heterocycles. The van der Waals surface area contributed by atoms with Gasteiger partial charge in [0.05, 0.1) is 0 Å². The predicted molar refractivity (Wildman–Crippen MR) is 58.8 cm³/mol. The highest BCUT2D eigenvalue weighted by atomic mass is 32.2. The van der Waals surface area contributed by atoms with Crippen LogP contribution in [-0.4, -0.2) is 18.0 Å². The number of H-pyrrole nitrogens is 1. The van der Waals surface area contributed by atoms with Crippen LogP contribution in [0.5, 0.6) is 0 Å². The maximum Gasteiger partial charge on any atom is 0.310 e. The average Bonchev–Trinajstić information content (AvgIpc) is 2.15. The normalized spacial score (nSPS) is 11.8. The largest absolute Gasteiger partial charge is 0.399 e. The minimum Gasteiger partial charge on any atom is -0.399 e. The van der Waals surface area contributed by atoms with Crippen molar-refractivity contribution in [3.05, 3.63) is 34.6 Å². The van der Waals surface area contributed by atoms with E-state index in [0.717, 1.165) is 6.07 Å². The molecule has 0 aliphatic heterocycles. The molecule has 4 N–H and O–H groups in total. The molecule has 6 nitrogen and oxygen atoms in total. The molecule has 0 saturated heterocycles. The van der Waals surface area contributed by atoms with E-state index < -0.39 is 20.7 Å². The lowest BCUT2D eigenvalue weighted by molar-refractivity contribution is 0.479. The third-order valence-corrected chi connectivity index (χ3v) is 2.90. The van der Waals surface area contributed by atoms with E-state index in [1.54, 1.807) is 0 Å². The van der Waals surface area contributed by atoms with Gasteiger partial charge in [-0.2, -0.15) is 8.42 Å². The molecule has 1 heterocycles. The van der Waals surface area contributed by atoms with Gasteiger partial charge in [-0.05, 0) is 29.7 Å².